The van der Waals surface area contributed by atoms with Crippen LogP contribution in [0.5, 0.6) is 0 Å². The number of nitrogens with one attached hydrogen (secondary N) is 1. The van der Waals surface area contributed by atoms with Crippen molar-refractivity contribution >= 4 is 11.3 Å². The maximum atomic E-state index is 13.4. The lowest BCUT2D eigenvalue weighted by atomic mass is 10.1. The van der Waals surface area contributed by atoms with Crippen molar-refractivity contribution in [3.63, 3.8) is 0 Å². The van der Waals surface area contributed by atoms with Gasteiger partial charge in [-0.1, -0.05) is 25.1 Å². The zero-order chi connectivity index (χ0) is 12.8. The number of thiazole rings is 1. The highest BCUT2D eigenvalue weighted by molar-refractivity contribution is 7.11. The summed E-state index contributed by atoms with van der Waals surface area (Å²) in [7, 11) is 0. The van der Waals surface area contributed by atoms with Gasteiger partial charge in [-0.25, -0.2) is 9.37 Å². The molecule has 2 rings (SSSR count). The van der Waals surface area contributed by atoms with Crippen molar-refractivity contribution in [1.82, 2.24) is 10.3 Å². The molecule has 0 bridgehead atoms. The fraction of sp³-hybridized carbons (Fsp3) is 0.357. The summed E-state index contributed by atoms with van der Waals surface area (Å²) in [4.78, 5) is 5.54. The molecule has 0 aliphatic carbocycles. The molecule has 0 fully saturated rings. The summed E-state index contributed by atoms with van der Waals surface area (Å²) < 4.78 is 13.4. The zero-order valence-electron chi connectivity index (χ0n) is 10.4. The van der Waals surface area contributed by atoms with Crippen LogP contribution in [-0.4, -0.2) is 11.5 Å². The lowest BCUT2D eigenvalue weighted by Crippen LogP contribution is -2.16. The van der Waals surface area contributed by atoms with E-state index in [2.05, 4.69) is 17.2 Å². The van der Waals surface area contributed by atoms with Gasteiger partial charge in [-0.15, -0.1) is 11.3 Å². The largest absolute Gasteiger partial charge is 0.311 e. The number of halogens is 1. The Morgan fingerprint density at radius 1 is 1.33 bits per heavy atom. The van der Waals surface area contributed by atoms with Gasteiger partial charge in [0.2, 0.25) is 0 Å². The molecule has 0 atom stereocenters. The highest BCUT2D eigenvalue weighted by Crippen LogP contribution is 2.13. The van der Waals surface area contributed by atoms with Crippen LogP contribution < -0.4 is 5.32 Å². The van der Waals surface area contributed by atoms with Gasteiger partial charge in [-0.05, 0) is 31.0 Å². The molecule has 0 aliphatic rings. The first-order valence-electron chi connectivity index (χ1n) is 6.17. The Morgan fingerprint density at radius 3 is 2.89 bits per heavy atom. The van der Waals surface area contributed by atoms with E-state index in [1.807, 2.05) is 18.3 Å². The predicted octanol–water partition coefficient (Wildman–Crippen LogP) is 3.18. The lowest BCUT2D eigenvalue weighted by Gasteiger charge is -2.04. The highest BCUT2D eigenvalue weighted by Gasteiger charge is 2.01. The average Bonchev–Trinajstić information content (AvgIpc) is 2.84. The van der Waals surface area contributed by atoms with Gasteiger partial charge in [-0.3, -0.25) is 0 Å². The van der Waals surface area contributed by atoms with Crippen LogP contribution in [0.15, 0.2) is 30.5 Å². The maximum absolute atomic E-state index is 13.4. The minimum atomic E-state index is -0.120. The van der Waals surface area contributed by atoms with E-state index in [0.717, 1.165) is 25.1 Å². The second-order valence-electron chi connectivity index (χ2n) is 4.09. The third kappa shape index (κ3) is 3.62. The molecule has 0 unspecified atom stereocenters. The van der Waals surface area contributed by atoms with Crippen molar-refractivity contribution in [3.8, 4) is 0 Å². The van der Waals surface area contributed by atoms with Crippen molar-refractivity contribution in [2.24, 2.45) is 0 Å². The molecule has 1 heterocycles. The Kier molecular flexibility index (Phi) is 4.84. The van der Waals surface area contributed by atoms with Gasteiger partial charge in [0.25, 0.3) is 0 Å². The van der Waals surface area contributed by atoms with E-state index in [4.69, 9.17) is 0 Å². The average molecular weight is 264 g/mol. The molecule has 18 heavy (non-hydrogen) atoms. The van der Waals surface area contributed by atoms with Crippen LogP contribution in [0.2, 0.25) is 0 Å². The first-order chi connectivity index (χ1) is 8.79. The zero-order valence-corrected chi connectivity index (χ0v) is 11.3. The van der Waals surface area contributed by atoms with Crippen LogP contribution in [0.1, 0.15) is 22.4 Å². The fourth-order valence-electron chi connectivity index (χ4n) is 1.73. The third-order valence-electron chi connectivity index (χ3n) is 2.73. The Labute approximate surface area is 111 Å². The minimum absolute atomic E-state index is 0.120. The summed E-state index contributed by atoms with van der Waals surface area (Å²) in [5, 5.41) is 4.49. The summed E-state index contributed by atoms with van der Waals surface area (Å²) in [6.45, 7) is 3.70. The monoisotopic (exact) mass is 264 g/mol. The molecule has 0 radical (unpaired) electrons. The lowest BCUT2D eigenvalue weighted by molar-refractivity contribution is 0.598. The van der Waals surface area contributed by atoms with Crippen LogP contribution in [-0.2, 0) is 19.4 Å². The first kappa shape index (κ1) is 13.2. The van der Waals surface area contributed by atoms with Gasteiger partial charge in [-0.2, -0.15) is 0 Å². The van der Waals surface area contributed by atoms with E-state index in [1.165, 1.54) is 16.0 Å². The first-order valence-corrected chi connectivity index (χ1v) is 6.99. The molecular formula is C14H17FN2S. The van der Waals surface area contributed by atoms with Crippen LogP contribution in [0, 0.1) is 5.82 Å². The molecule has 0 amide bonds. The molecule has 0 saturated carbocycles. The van der Waals surface area contributed by atoms with Crippen LogP contribution in [0.3, 0.4) is 0 Å². The molecule has 2 nitrogen and oxygen atoms in total. The van der Waals surface area contributed by atoms with E-state index in [9.17, 15) is 4.39 Å². The summed E-state index contributed by atoms with van der Waals surface area (Å²) in [6, 6.07) is 6.93. The second kappa shape index (κ2) is 6.61. The number of hydrogen-bond acceptors (Lipinski definition) is 3. The minimum Gasteiger partial charge on any atom is -0.311 e. The van der Waals surface area contributed by atoms with Gasteiger partial charge in [0.05, 0.1) is 5.01 Å². The molecule has 2 aromatic rings. The Hall–Kier alpha value is -1.26. The van der Waals surface area contributed by atoms with E-state index in [1.54, 1.807) is 17.4 Å². The van der Waals surface area contributed by atoms with Gasteiger partial charge < -0.3 is 5.32 Å². The van der Waals surface area contributed by atoms with E-state index < -0.39 is 0 Å². The highest BCUT2D eigenvalue weighted by atomic mass is 32.1. The number of benzene rings is 1. The van der Waals surface area contributed by atoms with E-state index in [0.29, 0.717) is 6.42 Å². The number of aromatic nitrogens is 1. The molecule has 0 spiro atoms. The number of rotatable bonds is 6. The van der Waals surface area contributed by atoms with Crippen molar-refractivity contribution in [2.75, 3.05) is 6.54 Å². The predicted molar refractivity (Wildman–Crippen MR) is 73.3 cm³/mol. The molecule has 1 aromatic carbocycles. The number of aryl methyl sites for hydroxylation is 1. The molecule has 1 N–H and O–H groups in total. The Morgan fingerprint density at radius 2 is 2.17 bits per heavy atom. The van der Waals surface area contributed by atoms with Crippen molar-refractivity contribution in [1.29, 1.82) is 0 Å². The number of hydrogen-bond donors (Lipinski definition) is 1. The van der Waals surface area contributed by atoms with Crippen LogP contribution >= 0.6 is 11.3 Å². The van der Waals surface area contributed by atoms with E-state index in [-0.39, 0.29) is 5.82 Å². The molecule has 0 aliphatic heterocycles. The van der Waals surface area contributed by atoms with Gasteiger partial charge in [0.15, 0.2) is 0 Å². The van der Waals surface area contributed by atoms with Crippen molar-refractivity contribution < 1.29 is 4.39 Å². The summed E-state index contributed by atoms with van der Waals surface area (Å²) >= 11 is 1.73. The van der Waals surface area contributed by atoms with Gasteiger partial charge in [0.1, 0.15) is 5.82 Å². The Bertz CT molecular complexity index is 496. The standard InChI is InChI=1S/C14H17FN2S/c1-2-14-17-10-12(18-14)9-16-8-7-11-5-3-4-6-13(11)15/h3-6,10,16H,2,7-9H2,1H3. The van der Waals surface area contributed by atoms with Gasteiger partial charge >= 0.3 is 0 Å². The molecule has 96 valence electrons. The quantitative estimate of drug-likeness (QED) is 0.811. The summed E-state index contributed by atoms with van der Waals surface area (Å²) in [5.41, 5.74) is 0.767. The molecule has 4 heteroatoms. The van der Waals surface area contributed by atoms with Crippen LogP contribution in [0.25, 0.3) is 0 Å². The van der Waals surface area contributed by atoms with Crippen molar-refractivity contribution in [3.05, 3.63) is 51.7 Å². The summed E-state index contributed by atoms with van der Waals surface area (Å²) in [6.07, 6.45) is 3.62. The second-order valence-corrected chi connectivity index (χ2v) is 5.29. The van der Waals surface area contributed by atoms with Crippen LogP contribution in [0.4, 0.5) is 4.39 Å². The SMILES string of the molecule is CCc1ncc(CNCCc2ccccc2F)s1. The smallest absolute Gasteiger partial charge is 0.126 e. The molecule has 0 saturated heterocycles. The normalized spacial score (nSPS) is 10.8. The Balaban J connectivity index is 1.74. The fourth-order valence-corrected chi connectivity index (χ4v) is 2.56. The van der Waals surface area contributed by atoms with Crippen molar-refractivity contribution in [2.45, 2.75) is 26.3 Å². The molecule has 1 aromatic heterocycles. The van der Waals surface area contributed by atoms with Gasteiger partial charge in [0, 0.05) is 17.6 Å². The third-order valence-corrected chi connectivity index (χ3v) is 3.87. The maximum Gasteiger partial charge on any atom is 0.126 e. The summed E-state index contributed by atoms with van der Waals surface area (Å²) in [5.74, 6) is -0.120. The topological polar surface area (TPSA) is 24.9 Å². The molecular weight excluding hydrogens is 247 g/mol. The van der Waals surface area contributed by atoms with E-state index >= 15 is 0 Å². The number of nitrogens with zero attached hydrogens (tertiary/aromatic N) is 1.